The molecule has 0 spiro atoms. The van der Waals surface area contributed by atoms with E-state index in [0.717, 1.165) is 26.2 Å². The Morgan fingerprint density at radius 2 is 1.65 bits per heavy atom. The first-order valence-corrected chi connectivity index (χ1v) is 9.73. The van der Waals surface area contributed by atoms with Gasteiger partial charge in [-0.15, -0.1) is 0 Å². The van der Waals surface area contributed by atoms with Crippen LogP contribution in [0, 0.1) is 0 Å². The van der Waals surface area contributed by atoms with E-state index in [-0.39, 0.29) is 19.0 Å². The molecule has 0 aliphatic carbocycles. The predicted octanol–water partition coefficient (Wildman–Crippen LogP) is -1.61. The Morgan fingerprint density at radius 1 is 1.04 bits per heavy atom. The second kappa shape index (κ2) is 15.6. The van der Waals surface area contributed by atoms with Crippen molar-refractivity contribution in [2.75, 3.05) is 39.3 Å². The van der Waals surface area contributed by atoms with Crippen molar-refractivity contribution in [2.45, 2.75) is 77.3 Å². The van der Waals surface area contributed by atoms with Gasteiger partial charge in [-0.25, -0.2) is 4.90 Å². The number of halogens is 1. The van der Waals surface area contributed by atoms with E-state index in [1.54, 1.807) is 4.90 Å². The second-order valence-corrected chi connectivity index (χ2v) is 6.84. The van der Waals surface area contributed by atoms with Crippen molar-refractivity contribution in [3.8, 4) is 0 Å². The molecule has 0 aromatic heterocycles. The lowest BCUT2D eigenvalue weighted by Crippen LogP contribution is -3.15. The number of quaternary nitrogens is 1. The van der Waals surface area contributed by atoms with Gasteiger partial charge in [0.2, 0.25) is 0 Å². The van der Waals surface area contributed by atoms with Crippen LogP contribution in [-0.4, -0.2) is 55.5 Å². The molecule has 1 aliphatic heterocycles. The summed E-state index contributed by atoms with van der Waals surface area (Å²) >= 11 is 0. The summed E-state index contributed by atoms with van der Waals surface area (Å²) in [6.07, 6.45) is 14.4. The summed E-state index contributed by atoms with van der Waals surface area (Å²) in [5.41, 5.74) is 5.75. The highest BCUT2D eigenvalue weighted by Gasteiger charge is 2.33. The standard InChI is InChI=1S/C18H39N3O.ClH/c1-2-3-4-5-6-7-8-9-10-11-18-20(13-12-19)14-15-21(18)16-17-22;/h18,22H,2-17,19H2,1H3;1H. The molecular formula is C18H40ClN3O. The Hall–Kier alpha value is 0.130. The molecule has 0 aromatic carbocycles. The van der Waals surface area contributed by atoms with Gasteiger partial charge in [0.25, 0.3) is 0 Å². The highest BCUT2D eigenvalue weighted by molar-refractivity contribution is 4.68. The number of aliphatic hydroxyl groups is 1. The molecule has 5 heteroatoms. The fourth-order valence-corrected chi connectivity index (χ4v) is 3.78. The first kappa shape index (κ1) is 23.1. The molecule has 23 heavy (non-hydrogen) atoms. The Bertz CT molecular complexity index is 242. The molecule has 2 unspecified atom stereocenters. The molecule has 0 amide bonds. The van der Waals surface area contributed by atoms with E-state index < -0.39 is 0 Å². The Kier molecular flexibility index (Phi) is 15.7. The highest BCUT2D eigenvalue weighted by Crippen LogP contribution is 2.12. The monoisotopic (exact) mass is 349 g/mol. The molecule has 0 saturated carbocycles. The third kappa shape index (κ3) is 9.88. The number of hydrogen-bond acceptors (Lipinski definition) is 3. The first-order chi connectivity index (χ1) is 10.8. The van der Waals surface area contributed by atoms with E-state index in [9.17, 15) is 5.11 Å². The first-order valence-electron chi connectivity index (χ1n) is 9.73. The topological polar surface area (TPSA) is 53.9 Å². The Labute approximate surface area is 150 Å². The zero-order valence-corrected chi connectivity index (χ0v) is 16.0. The number of aliphatic hydroxyl groups excluding tert-OH is 1. The van der Waals surface area contributed by atoms with Crippen LogP contribution in [0.2, 0.25) is 0 Å². The minimum absolute atomic E-state index is 0. The van der Waals surface area contributed by atoms with Crippen molar-refractivity contribution in [1.82, 2.24) is 4.90 Å². The van der Waals surface area contributed by atoms with Crippen LogP contribution in [0.4, 0.5) is 0 Å². The van der Waals surface area contributed by atoms with Gasteiger partial charge in [0.15, 0.2) is 0 Å². The second-order valence-electron chi connectivity index (χ2n) is 6.84. The molecule has 1 aliphatic rings. The van der Waals surface area contributed by atoms with Crippen LogP contribution in [0.1, 0.15) is 71.1 Å². The van der Waals surface area contributed by atoms with Crippen LogP contribution in [0.3, 0.4) is 0 Å². The van der Waals surface area contributed by atoms with E-state index >= 15 is 0 Å². The molecule has 0 bridgehead atoms. The minimum Gasteiger partial charge on any atom is -1.00 e. The number of rotatable bonds is 14. The Balaban J connectivity index is 0.00000484. The number of hydrogen-bond donors (Lipinski definition) is 3. The van der Waals surface area contributed by atoms with Crippen LogP contribution < -0.4 is 23.0 Å². The van der Waals surface area contributed by atoms with E-state index in [2.05, 4.69) is 11.8 Å². The minimum atomic E-state index is 0. The molecule has 140 valence electrons. The van der Waals surface area contributed by atoms with Gasteiger partial charge in [-0.1, -0.05) is 58.3 Å². The van der Waals surface area contributed by atoms with Crippen molar-refractivity contribution < 1.29 is 22.4 Å². The molecule has 0 aromatic rings. The van der Waals surface area contributed by atoms with Crippen LogP contribution in [0.5, 0.6) is 0 Å². The van der Waals surface area contributed by atoms with Crippen LogP contribution >= 0.6 is 0 Å². The smallest absolute Gasteiger partial charge is 0.144 e. The maximum Gasteiger partial charge on any atom is 0.144 e. The molecule has 4 nitrogen and oxygen atoms in total. The molecule has 2 atom stereocenters. The summed E-state index contributed by atoms with van der Waals surface area (Å²) in [5.74, 6) is 0. The largest absolute Gasteiger partial charge is 1.00 e. The lowest BCUT2D eigenvalue weighted by Gasteiger charge is -2.26. The molecule has 4 N–H and O–H groups in total. The fraction of sp³-hybridized carbons (Fsp3) is 1.00. The maximum absolute atomic E-state index is 9.22. The Morgan fingerprint density at radius 3 is 2.22 bits per heavy atom. The van der Waals surface area contributed by atoms with Gasteiger partial charge < -0.3 is 28.1 Å². The summed E-state index contributed by atoms with van der Waals surface area (Å²) in [7, 11) is 0. The fourth-order valence-electron chi connectivity index (χ4n) is 3.78. The molecule has 1 saturated heterocycles. The third-order valence-electron chi connectivity index (χ3n) is 5.07. The van der Waals surface area contributed by atoms with Gasteiger partial charge in [-0.3, -0.25) is 0 Å². The molecule has 0 radical (unpaired) electrons. The lowest BCUT2D eigenvalue weighted by molar-refractivity contribution is -0.917. The number of β-amino-alcohol motifs (C(OH)–C–C–N with tert-alkyl or cyclic N) is 1. The molecule has 1 rings (SSSR count). The number of nitrogens with one attached hydrogen (secondary N) is 1. The summed E-state index contributed by atoms with van der Waals surface area (Å²) in [6, 6.07) is 0. The summed E-state index contributed by atoms with van der Waals surface area (Å²) < 4.78 is 0. The predicted molar refractivity (Wildman–Crippen MR) is 94.0 cm³/mol. The summed E-state index contributed by atoms with van der Waals surface area (Å²) in [6.45, 7) is 7.55. The van der Waals surface area contributed by atoms with E-state index in [1.807, 2.05) is 0 Å². The summed E-state index contributed by atoms with van der Waals surface area (Å²) in [4.78, 5) is 4.10. The van der Waals surface area contributed by atoms with Gasteiger partial charge in [0.05, 0.1) is 26.2 Å². The average molecular weight is 350 g/mol. The van der Waals surface area contributed by atoms with Crippen molar-refractivity contribution in [1.29, 1.82) is 0 Å². The number of nitrogens with two attached hydrogens (primary N) is 1. The zero-order valence-electron chi connectivity index (χ0n) is 15.2. The quantitative estimate of drug-likeness (QED) is 0.331. The summed E-state index contributed by atoms with van der Waals surface area (Å²) in [5, 5.41) is 9.22. The van der Waals surface area contributed by atoms with E-state index in [1.165, 1.54) is 70.8 Å². The van der Waals surface area contributed by atoms with Crippen LogP contribution in [-0.2, 0) is 0 Å². The van der Waals surface area contributed by atoms with E-state index in [4.69, 9.17) is 5.73 Å². The molecule has 1 heterocycles. The normalized spacial score (nSPS) is 21.5. The highest BCUT2D eigenvalue weighted by atomic mass is 35.5. The molecular weight excluding hydrogens is 310 g/mol. The number of unbranched alkanes of at least 4 members (excludes halogenated alkanes) is 8. The van der Waals surface area contributed by atoms with Gasteiger partial charge in [-0.05, 0) is 6.42 Å². The van der Waals surface area contributed by atoms with Crippen LogP contribution in [0.25, 0.3) is 0 Å². The molecule has 1 fully saturated rings. The van der Waals surface area contributed by atoms with Gasteiger partial charge in [-0.2, -0.15) is 0 Å². The lowest BCUT2D eigenvalue weighted by atomic mass is 10.1. The van der Waals surface area contributed by atoms with Gasteiger partial charge in [0, 0.05) is 19.5 Å². The maximum atomic E-state index is 9.22. The van der Waals surface area contributed by atoms with Crippen molar-refractivity contribution in [3.63, 3.8) is 0 Å². The third-order valence-corrected chi connectivity index (χ3v) is 5.07. The van der Waals surface area contributed by atoms with Crippen molar-refractivity contribution in [2.24, 2.45) is 5.73 Å². The van der Waals surface area contributed by atoms with Crippen LogP contribution in [0.15, 0.2) is 0 Å². The zero-order chi connectivity index (χ0) is 16.0. The average Bonchev–Trinajstić information content (AvgIpc) is 2.89. The van der Waals surface area contributed by atoms with Gasteiger partial charge in [0.1, 0.15) is 6.17 Å². The van der Waals surface area contributed by atoms with Crippen molar-refractivity contribution >= 4 is 0 Å². The SMILES string of the molecule is CCCCCCCCCCCC1N(CCO)CC[NH+]1CCN.[Cl-]. The van der Waals surface area contributed by atoms with Crippen molar-refractivity contribution in [3.05, 3.63) is 0 Å². The number of nitrogens with zero attached hydrogens (tertiary/aromatic N) is 1. The van der Waals surface area contributed by atoms with Gasteiger partial charge >= 0.3 is 0 Å². The van der Waals surface area contributed by atoms with E-state index in [0.29, 0.717) is 6.17 Å².